The molecule has 4 aromatic rings. The Hall–Kier alpha value is -3.49. The van der Waals surface area contributed by atoms with E-state index in [9.17, 15) is 9.59 Å². The molecular formula is C16H14N6O3. The van der Waals surface area contributed by atoms with Crippen molar-refractivity contribution in [1.29, 1.82) is 0 Å². The maximum Gasteiger partial charge on any atom is 0.292 e. The Morgan fingerprint density at radius 3 is 2.52 bits per heavy atom. The highest BCUT2D eigenvalue weighted by molar-refractivity contribution is 5.76. The number of fused-ring (bicyclic) bond motifs is 3. The van der Waals surface area contributed by atoms with Gasteiger partial charge in [0.2, 0.25) is 0 Å². The highest BCUT2D eigenvalue weighted by atomic mass is 16.5. The second kappa shape index (κ2) is 5.55. The van der Waals surface area contributed by atoms with Crippen molar-refractivity contribution in [3.8, 4) is 5.75 Å². The summed E-state index contributed by atoms with van der Waals surface area (Å²) in [6.07, 6.45) is 2.88. The normalized spacial score (nSPS) is 11.3. The van der Waals surface area contributed by atoms with Crippen molar-refractivity contribution < 1.29 is 4.74 Å². The van der Waals surface area contributed by atoms with Crippen LogP contribution < -0.4 is 15.9 Å². The molecule has 0 atom stereocenters. The fraction of sp³-hybridized carbons (Fsp3) is 0.188. The monoisotopic (exact) mass is 338 g/mol. The quantitative estimate of drug-likeness (QED) is 0.529. The fourth-order valence-electron chi connectivity index (χ4n) is 2.79. The number of nitrogens with zero attached hydrogens (tertiary/aromatic N) is 6. The van der Waals surface area contributed by atoms with E-state index in [2.05, 4.69) is 15.4 Å². The van der Waals surface area contributed by atoms with Crippen molar-refractivity contribution in [3.05, 3.63) is 62.9 Å². The van der Waals surface area contributed by atoms with Crippen molar-refractivity contribution >= 4 is 16.6 Å². The average molecular weight is 338 g/mol. The van der Waals surface area contributed by atoms with E-state index in [-0.39, 0.29) is 28.7 Å². The number of benzene rings is 1. The second-order valence-corrected chi connectivity index (χ2v) is 5.58. The second-order valence-electron chi connectivity index (χ2n) is 5.58. The smallest absolute Gasteiger partial charge is 0.292 e. The largest absolute Gasteiger partial charge is 0.497 e. The summed E-state index contributed by atoms with van der Waals surface area (Å²) in [6.45, 7) is 0.236. The first kappa shape index (κ1) is 15.1. The van der Waals surface area contributed by atoms with Gasteiger partial charge in [0.1, 0.15) is 16.8 Å². The zero-order valence-electron chi connectivity index (χ0n) is 13.6. The summed E-state index contributed by atoms with van der Waals surface area (Å²) in [6, 6.07) is 7.31. The molecule has 9 heteroatoms. The van der Waals surface area contributed by atoms with Gasteiger partial charge in [0, 0.05) is 7.05 Å². The highest BCUT2D eigenvalue weighted by Crippen LogP contribution is 2.14. The minimum absolute atomic E-state index is 0.233. The lowest BCUT2D eigenvalue weighted by Gasteiger charge is -2.12. The van der Waals surface area contributed by atoms with Gasteiger partial charge < -0.3 is 4.74 Å². The van der Waals surface area contributed by atoms with Crippen LogP contribution in [0.15, 0.2) is 46.2 Å². The zero-order valence-corrected chi connectivity index (χ0v) is 13.6. The molecule has 0 N–H and O–H groups in total. The van der Waals surface area contributed by atoms with E-state index in [4.69, 9.17) is 4.74 Å². The van der Waals surface area contributed by atoms with E-state index < -0.39 is 0 Å². The lowest BCUT2D eigenvalue weighted by Crippen LogP contribution is -2.31. The third-order valence-corrected chi connectivity index (χ3v) is 4.10. The van der Waals surface area contributed by atoms with Crippen LogP contribution in [0.1, 0.15) is 5.56 Å². The van der Waals surface area contributed by atoms with Gasteiger partial charge in [-0.1, -0.05) is 17.3 Å². The Bertz CT molecular complexity index is 1200. The van der Waals surface area contributed by atoms with Gasteiger partial charge in [-0.05, 0) is 17.7 Å². The van der Waals surface area contributed by atoms with Gasteiger partial charge in [0.15, 0.2) is 5.52 Å². The van der Waals surface area contributed by atoms with Gasteiger partial charge >= 0.3 is 0 Å². The standard InChI is InChI=1S/C16H14N6O3/c1-20-16(24)14-12(8-18-20)22-13(7-17-19-22)15(23)21(14)9-10-3-5-11(25-2)6-4-10/h3-8H,9H2,1-2H3. The lowest BCUT2D eigenvalue weighted by molar-refractivity contribution is 0.414. The summed E-state index contributed by atoms with van der Waals surface area (Å²) in [5.41, 5.74) is 1.10. The van der Waals surface area contributed by atoms with Crippen LogP contribution in [0, 0.1) is 0 Å². The topological polar surface area (TPSA) is 96.3 Å². The first-order valence-electron chi connectivity index (χ1n) is 7.52. The number of aryl methyl sites for hydroxylation is 1. The molecule has 0 spiro atoms. The van der Waals surface area contributed by atoms with E-state index >= 15 is 0 Å². The van der Waals surface area contributed by atoms with Gasteiger partial charge in [0.25, 0.3) is 11.1 Å². The number of rotatable bonds is 3. The van der Waals surface area contributed by atoms with Crippen LogP contribution in [0.25, 0.3) is 16.6 Å². The molecule has 0 aliphatic heterocycles. The molecule has 0 bridgehead atoms. The number of hydrogen-bond acceptors (Lipinski definition) is 6. The molecule has 0 aliphatic rings. The van der Waals surface area contributed by atoms with E-state index in [0.29, 0.717) is 5.52 Å². The SMILES string of the molecule is COc1ccc(Cn2c(=O)c3cnnn3c3cnn(C)c(=O)c32)cc1. The minimum Gasteiger partial charge on any atom is -0.497 e. The molecule has 9 nitrogen and oxygen atoms in total. The number of ether oxygens (including phenoxy) is 1. The van der Waals surface area contributed by atoms with Gasteiger partial charge in [-0.15, -0.1) is 5.10 Å². The molecule has 0 saturated heterocycles. The molecule has 0 amide bonds. The molecule has 0 fully saturated rings. The van der Waals surface area contributed by atoms with Crippen LogP contribution in [0.2, 0.25) is 0 Å². The van der Waals surface area contributed by atoms with Crippen molar-refractivity contribution in [1.82, 2.24) is 29.2 Å². The van der Waals surface area contributed by atoms with Crippen LogP contribution in [0.5, 0.6) is 5.75 Å². The molecule has 0 saturated carbocycles. The van der Waals surface area contributed by atoms with Crippen LogP contribution in [0.4, 0.5) is 0 Å². The van der Waals surface area contributed by atoms with Crippen molar-refractivity contribution in [3.63, 3.8) is 0 Å². The summed E-state index contributed by atoms with van der Waals surface area (Å²) in [5.74, 6) is 0.719. The molecule has 25 heavy (non-hydrogen) atoms. The molecule has 3 heterocycles. The Morgan fingerprint density at radius 2 is 1.80 bits per heavy atom. The highest BCUT2D eigenvalue weighted by Gasteiger charge is 2.16. The number of hydrogen-bond donors (Lipinski definition) is 0. The molecule has 0 radical (unpaired) electrons. The zero-order chi connectivity index (χ0) is 17.6. The molecule has 126 valence electrons. The third-order valence-electron chi connectivity index (χ3n) is 4.10. The average Bonchev–Trinajstić information content (AvgIpc) is 3.12. The molecule has 1 aromatic carbocycles. The summed E-state index contributed by atoms with van der Waals surface area (Å²) >= 11 is 0. The Morgan fingerprint density at radius 1 is 1.04 bits per heavy atom. The molecule has 0 unspecified atom stereocenters. The minimum atomic E-state index is -0.375. The van der Waals surface area contributed by atoms with Crippen molar-refractivity contribution in [2.45, 2.75) is 6.54 Å². The van der Waals surface area contributed by atoms with Crippen molar-refractivity contribution in [2.75, 3.05) is 7.11 Å². The summed E-state index contributed by atoms with van der Waals surface area (Å²) in [5, 5.41) is 11.7. The number of aromatic nitrogens is 6. The summed E-state index contributed by atoms with van der Waals surface area (Å²) in [4.78, 5) is 25.5. The van der Waals surface area contributed by atoms with Crippen molar-refractivity contribution in [2.24, 2.45) is 7.05 Å². The Kier molecular flexibility index (Phi) is 3.34. The van der Waals surface area contributed by atoms with Gasteiger partial charge in [-0.3, -0.25) is 14.2 Å². The first-order valence-corrected chi connectivity index (χ1v) is 7.52. The fourth-order valence-corrected chi connectivity index (χ4v) is 2.79. The Balaban J connectivity index is 2.02. The van der Waals surface area contributed by atoms with Crippen LogP contribution >= 0.6 is 0 Å². The summed E-state index contributed by atoms with van der Waals surface area (Å²) in [7, 11) is 3.12. The number of methoxy groups -OCH3 is 1. The van der Waals surface area contributed by atoms with Crippen LogP contribution in [-0.4, -0.2) is 36.3 Å². The maximum absolute atomic E-state index is 12.9. The van der Waals surface area contributed by atoms with Crippen LogP contribution in [0.3, 0.4) is 0 Å². The van der Waals surface area contributed by atoms with Crippen LogP contribution in [-0.2, 0) is 13.6 Å². The lowest BCUT2D eigenvalue weighted by atomic mass is 10.2. The van der Waals surface area contributed by atoms with E-state index in [1.54, 1.807) is 19.2 Å². The van der Waals surface area contributed by atoms with E-state index in [1.807, 2.05) is 12.1 Å². The third kappa shape index (κ3) is 2.28. The molecular weight excluding hydrogens is 324 g/mol. The van der Waals surface area contributed by atoms with Gasteiger partial charge in [-0.2, -0.15) is 5.10 Å². The molecule has 4 rings (SSSR count). The first-order chi connectivity index (χ1) is 12.1. The molecule has 0 aliphatic carbocycles. The van der Waals surface area contributed by atoms with Gasteiger partial charge in [0.05, 0.1) is 26.0 Å². The predicted octanol–water partition coefficient (Wildman–Crippen LogP) is 0.195. The maximum atomic E-state index is 12.9. The Labute approximate surface area is 140 Å². The van der Waals surface area contributed by atoms with E-state index in [1.165, 1.54) is 33.2 Å². The molecule has 3 aromatic heterocycles. The van der Waals surface area contributed by atoms with E-state index in [0.717, 1.165) is 11.3 Å². The predicted molar refractivity (Wildman–Crippen MR) is 89.9 cm³/mol. The summed E-state index contributed by atoms with van der Waals surface area (Å²) < 4.78 is 9.11. The van der Waals surface area contributed by atoms with Gasteiger partial charge in [-0.25, -0.2) is 9.20 Å².